The van der Waals surface area contributed by atoms with Crippen LogP contribution in [0.2, 0.25) is 5.02 Å². The molecule has 0 saturated heterocycles. The molecule has 0 aliphatic rings. The van der Waals surface area contributed by atoms with Crippen LogP contribution >= 0.6 is 34.7 Å². The molecule has 0 aliphatic carbocycles. The van der Waals surface area contributed by atoms with Crippen molar-refractivity contribution in [2.75, 3.05) is 5.32 Å². The van der Waals surface area contributed by atoms with Crippen LogP contribution in [0.3, 0.4) is 0 Å². The lowest BCUT2D eigenvalue weighted by atomic mass is 10.0. The number of carbonyl (C=O) groups excluding carboxylic acids is 1. The third kappa shape index (κ3) is 4.97. The molecule has 1 heterocycles. The maximum Gasteiger partial charge on any atom is 0.229 e. The molecule has 1 amide bonds. The third-order valence-electron chi connectivity index (χ3n) is 3.24. The second-order valence-electron chi connectivity index (χ2n) is 4.79. The Morgan fingerprint density at radius 3 is 2.82 bits per heavy atom. The summed E-state index contributed by atoms with van der Waals surface area (Å²) in [4.78, 5) is 12.0. The molecule has 0 bridgehead atoms. The van der Waals surface area contributed by atoms with Crippen molar-refractivity contribution in [2.24, 2.45) is 5.92 Å². The number of halogens is 1. The first-order chi connectivity index (χ1) is 10.6. The fourth-order valence-corrected chi connectivity index (χ4v) is 3.87. The monoisotopic (exact) mass is 355 g/mol. The average molecular weight is 356 g/mol. The molecule has 0 unspecified atom stereocenters. The van der Waals surface area contributed by atoms with E-state index in [1.165, 1.54) is 11.3 Å². The summed E-state index contributed by atoms with van der Waals surface area (Å²) in [6.45, 7) is 4.03. The van der Waals surface area contributed by atoms with Gasteiger partial charge >= 0.3 is 0 Å². The molecule has 118 valence electrons. The van der Waals surface area contributed by atoms with Crippen LogP contribution in [-0.2, 0) is 10.5 Å². The summed E-state index contributed by atoms with van der Waals surface area (Å²) in [7, 11) is 0. The van der Waals surface area contributed by atoms with Gasteiger partial charge in [0.05, 0.1) is 0 Å². The number of amides is 1. The number of benzene rings is 1. The Bertz CT molecular complexity index is 629. The molecule has 0 radical (unpaired) electrons. The summed E-state index contributed by atoms with van der Waals surface area (Å²) in [5.74, 6) is 0.828. The van der Waals surface area contributed by atoms with Crippen molar-refractivity contribution in [3.8, 4) is 0 Å². The predicted octanol–water partition coefficient (Wildman–Crippen LogP) is 4.86. The van der Waals surface area contributed by atoms with Crippen molar-refractivity contribution in [1.29, 1.82) is 0 Å². The van der Waals surface area contributed by atoms with Gasteiger partial charge in [-0.3, -0.25) is 4.79 Å². The van der Waals surface area contributed by atoms with Gasteiger partial charge in [-0.2, -0.15) is 0 Å². The van der Waals surface area contributed by atoms with E-state index < -0.39 is 0 Å². The van der Waals surface area contributed by atoms with Gasteiger partial charge in [-0.1, -0.05) is 60.7 Å². The smallest absolute Gasteiger partial charge is 0.229 e. The zero-order chi connectivity index (χ0) is 15.9. The van der Waals surface area contributed by atoms with Crippen LogP contribution in [0.4, 0.5) is 5.13 Å². The Kier molecular flexibility index (Phi) is 6.67. The van der Waals surface area contributed by atoms with E-state index in [-0.39, 0.29) is 11.8 Å². The third-order valence-corrected chi connectivity index (χ3v) is 5.52. The van der Waals surface area contributed by atoms with Gasteiger partial charge in [0, 0.05) is 16.7 Å². The van der Waals surface area contributed by atoms with Crippen molar-refractivity contribution in [2.45, 2.75) is 36.8 Å². The number of anilines is 1. The number of rotatable bonds is 7. The summed E-state index contributed by atoms with van der Waals surface area (Å²) in [5.41, 5.74) is 1.13. The Morgan fingerprint density at radius 1 is 1.36 bits per heavy atom. The fraction of sp³-hybridized carbons (Fsp3) is 0.400. The number of thioether (sulfide) groups is 1. The van der Waals surface area contributed by atoms with E-state index in [9.17, 15) is 4.79 Å². The molecule has 2 rings (SSSR count). The SMILES string of the molecule is CCC(CC)C(=O)Nc1nnc(SCc2cccc(Cl)c2)s1. The lowest BCUT2D eigenvalue weighted by Gasteiger charge is -2.09. The van der Waals surface area contributed by atoms with Gasteiger partial charge < -0.3 is 5.32 Å². The van der Waals surface area contributed by atoms with Crippen molar-refractivity contribution >= 4 is 45.7 Å². The Labute approximate surface area is 143 Å². The quantitative estimate of drug-likeness (QED) is 0.569. The molecule has 1 aromatic heterocycles. The summed E-state index contributed by atoms with van der Waals surface area (Å²) in [6.07, 6.45) is 1.66. The van der Waals surface area contributed by atoms with Crippen molar-refractivity contribution in [1.82, 2.24) is 10.2 Å². The number of carbonyl (C=O) groups is 1. The van der Waals surface area contributed by atoms with E-state index in [4.69, 9.17) is 11.6 Å². The minimum Gasteiger partial charge on any atom is -0.300 e. The molecule has 1 N–H and O–H groups in total. The van der Waals surface area contributed by atoms with Crippen LogP contribution in [0.15, 0.2) is 28.6 Å². The van der Waals surface area contributed by atoms with E-state index in [2.05, 4.69) is 15.5 Å². The highest BCUT2D eigenvalue weighted by Crippen LogP contribution is 2.29. The van der Waals surface area contributed by atoms with Crippen LogP contribution in [0.25, 0.3) is 0 Å². The number of hydrogen-bond acceptors (Lipinski definition) is 5. The normalized spacial score (nSPS) is 10.9. The van der Waals surface area contributed by atoms with E-state index in [1.807, 2.05) is 38.1 Å². The first kappa shape index (κ1) is 17.2. The van der Waals surface area contributed by atoms with Crippen LogP contribution in [0.1, 0.15) is 32.3 Å². The molecule has 0 spiro atoms. The van der Waals surface area contributed by atoms with E-state index in [0.29, 0.717) is 5.13 Å². The van der Waals surface area contributed by atoms with Gasteiger partial charge in [0.15, 0.2) is 4.34 Å². The molecular weight excluding hydrogens is 338 g/mol. The van der Waals surface area contributed by atoms with Gasteiger partial charge in [-0.05, 0) is 30.5 Å². The first-order valence-corrected chi connectivity index (χ1v) is 9.32. The Balaban J connectivity index is 1.90. The number of hydrogen-bond donors (Lipinski definition) is 1. The minimum atomic E-state index is 0.0209. The zero-order valence-corrected chi connectivity index (χ0v) is 14.9. The summed E-state index contributed by atoms with van der Waals surface area (Å²) in [5, 5.41) is 12.3. The average Bonchev–Trinajstić information content (AvgIpc) is 2.94. The van der Waals surface area contributed by atoms with Gasteiger partial charge in [-0.15, -0.1) is 10.2 Å². The Hall–Kier alpha value is -1.11. The van der Waals surface area contributed by atoms with Gasteiger partial charge in [0.25, 0.3) is 0 Å². The maximum absolute atomic E-state index is 12.0. The lowest BCUT2D eigenvalue weighted by molar-refractivity contribution is -0.120. The van der Waals surface area contributed by atoms with Gasteiger partial charge in [-0.25, -0.2) is 0 Å². The molecule has 0 fully saturated rings. The molecular formula is C15H18ClN3OS2. The zero-order valence-electron chi connectivity index (χ0n) is 12.5. The first-order valence-electron chi connectivity index (χ1n) is 7.14. The van der Waals surface area contributed by atoms with Crippen molar-refractivity contribution < 1.29 is 4.79 Å². The summed E-state index contributed by atoms with van der Waals surface area (Å²) in [6, 6.07) is 7.74. The number of aromatic nitrogens is 2. The number of nitrogens with one attached hydrogen (secondary N) is 1. The molecule has 4 nitrogen and oxygen atoms in total. The molecule has 7 heteroatoms. The second-order valence-corrected chi connectivity index (χ2v) is 7.43. The molecule has 1 aromatic carbocycles. The molecule has 0 aliphatic heterocycles. The largest absolute Gasteiger partial charge is 0.300 e. The highest BCUT2D eigenvalue weighted by Gasteiger charge is 2.16. The van der Waals surface area contributed by atoms with Crippen LogP contribution in [-0.4, -0.2) is 16.1 Å². The van der Waals surface area contributed by atoms with E-state index in [0.717, 1.165) is 33.5 Å². The minimum absolute atomic E-state index is 0.0209. The van der Waals surface area contributed by atoms with Crippen LogP contribution < -0.4 is 5.32 Å². The lowest BCUT2D eigenvalue weighted by Crippen LogP contribution is -2.21. The van der Waals surface area contributed by atoms with Crippen molar-refractivity contribution in [3.05, 3.63) is 34.9 Å². The standard InChI is InChI=1S/C15H18ClN3OS2/c1-3-11(4-2)13(20)17-14-18-19-15(22-14)21-9-10-6-5-7-12(16)8-10/h5-8,11H,3-4,9H2,1-2H3,(H,17,18,20). The Morgan fingerprint density at radius 2 is 2.14 bits per heavy atom. The number of nitrogens with zero attached hydrogens (tertiary/aromatic N) is 2. The second kappa shape index (κ2) is 8.50. The summed E-state index contributed by atoms with van der Waals surface area (Å²) >= 11 is 8.95. The molecule has 22 heavy (non-hydrogen) atoms. The van der Waals surface area contributed by atoms with E-state index in [1.54, 1.807) is 11.8 Å². The van der Waals surface area contributed by atoms with Crippen LogP contribution in [0.5, 0.6) is 0 Å². The molecule has 0 atom stereocenters. The topological polar surface area (TPSA) is 54.9 Å². The summed E-state index contributed by atoms with van der Waals surface area (Å²) < 4.78 is 0.833. The highest BCUT2D eigenvalue weighted by atomic mass is 35.5. The predicted molar refractivity (Wildman–Crippen MR) is 93.6 cm³/mol. The molecule has 2 aromatic rings. The maximum atomic E-state index is 12.0. The van der Waals surface area contributed by atoms with Gasteiger partial charge in [0.2, 0.25) is 11.0 Å². The van der Waals surface area contributed by atoms with Crippen molar-refractivity contribution in [3.63, 3.8) is 0 Å². The molecule has 0 saturated carbocycles. The highest BCUT2D eigenvalue weighted by molar-refractivity contribution is 8.00. The fourth-order valence-electron chi connectivity index (χ4n) is 1.96. The van der Waals surface area contributed by atoms with Crippen LogP contribution in [0, 0.1) is 5.92 Å². The van der Waals surface area contributed by atoms with Gasteiger partial charge in [0.1, 0.15) is 0 Å². The van der Waals surface area contributed by atoms with E-state index >= 15 is 0 Å².